The molecule has 2 aromatic rings. The SMILES string of the molecule is CS(=O)(=O)N1CSC[C@@H]1C(=O)NCCc1csc(-c2ccccc2)n1. The van der Waals surface area contributed by atoms with Crippen molar-refractivity contribution in [2.45, 2.75) is 12.5 Å². The molecule has 134 valence electrons. The Kier molecular flexibility index (Phi) is 5.78. The maximum atomic E-state index is 12.3. The predicted octanol–water partition coefficient (Wildman–Crippen LogP) is 1.80. The highest BCUT2D eigenvalue weighted by atomic mass is 32.2. The number of rotatable bonds is 6. The topological polar surface area (TPSA) is 79.4 Å². The Balaban J connectivity index is 1.53. The maximum Gasteiger partial charge on any atom is 0.239 e. The third kappa shape index (κ3) is 4.60. The first-order valence-electron chi connectivity index (χ1n) is 7.77. The van der Waals surface area contributed by atoms with E-state index < -0.39 is 16.1 Å². The number of sulfonamides is 1. The Hall–Kier alpha value is -1.42. The first-order valence-corrected chi connectivity index (χ1v) is 11.7. The maximum absolute atomic E-state index is 12.3. The predicted molar refractivity (Wildman–Crippen MR) is 102 cm³/mol. The monoisotopic (exact) mass is 397 g/mol. The van der Waals surface area contributed by atoms with Crippen molar-refractivity contribution in [3.63, 3.8) is 0 Å². The van der Waals surface area contributed by atoms with Gasteiger partial charge >= 0.3 is 0 Å². The third-order valence-corrected chi connectivity index (χ3v) is 7.17. The van der Waals surface area contributed by atoms with Gasteiger partial charge in [-0.05, 0) is 0 Å². The molecule has 0 saturated carbocycles. The summed E-state index contributed by atoms with van der Waals surface area (Å²) < 4.78 is 24.7. The van der Waals surface area contributed by atoms with Gasteiger partial charge in [-0.25, -0.2) is 13.4 Å². The molecule has 0 unspecified atom stereocenters. The Morgan fingerprint density at radius 3 is 2.84 bits per heavy atom. The van der Waals surface area contributed by atoms with Gasteiger partial charge in [0.15, 0.2) is 0 Å². The molecule has 1 saturated heterocycles. The Bertz CT molecular complexity index is 837. The highest BCUT2D eigenvalue weighted by Crippen LogP contribution is 2.24. The molecule has 1 aliphatic rings. The van der Waals surface area contributed by atoms with Crippen LogP contribution in [0.25, 0.3) is 10.6 Å². The summed E-state index contributed by atoms with van der Waals surface area (Å²) >= 11 is 3.03. The van der Waals surface area contributed by atoms with E-state index in [2.05, 4.69) is 10.3 Å². The van der Waals surface area contributed by atoms with Gasteiger partial charge < -0.3 is 5.32 Å². The molecule has 1 aromatic carbocycles. The lowest BCUT2D eigenvalue weighted by atomic mass is 10.2. The summed E-state index contributed by atoms with van der Waals surface area (Å²) in [5.41, 5.74) is 2.00. The number of hydrogen-bond acceptors (Lipinski definition) is 6. The number of thiazole rings is 1. The Morgan fingerprint density at radius 1 is 1.36 bits per heavy atom. The van der Waals surface area contributed by atoms with Gasteiger partial charge in [0, 0.05) is 29.7 Å². The second kappa shape index (κ2) is 7.86. The van der Waals surface area contributed by atoms with Crippen LogP contribution in [0.15, 0.2) is 35.7 Å². The zero-order valence-corrected chi connectivity index (χ0v) is 16.2. The normalized spacial score (nSPS) is 18.4. The summed E-state index contributed by atoms with van der Waals surface area (Å²) in [5, 5.41) is 5.78. The van der Waals surface area contributed by atoms with E-state index in [9.17, 15) is 13.2 Å². The molecule has 1 atom stereocenters. The summed E-state index contributed by atoms with van der Waals surface area (Å²) in [6.07, 6.45) is 1.76. The number of benzene rings is 1. The molecule has 1 aromatic heterocycles. The zero-order valence-electron chi connectivity index (χ0n) is 13.7. The molecular weight excluding hydrogens is 378 g/mol. The van der Waals surface area contributed by atoms with Crippen LogP contribution in [-0.2, 0) is 21.2 Å². The molecule has 1 N–H and O–H groups in total. The van der Waals surface area contributed by atoms with Gasteiger partial charge in [0.1, 0.15) is 11.0 Å². The zero-order chi connectivity index (χ0) is 17.9. The summed E-state index contributed by atoms with van der Waals surface area (Å²) in [6.45, 7) is 0.440. The molecule has 2 heterocycles. The highest BCUT2D eigenvalue weighted by molar-refractivity contribution is 8.00. The van der Waals surface area contributed by atoms with Crippen molar-refractivity contribution in [1.82, 2.24) is 14.6 Å². The number of amides is 1. The Labute approximate surface area is 155 Å². The van der Waals surface area contributed by atoms with Crippen LogP contribution >= 0.6 is 23.1 Å². The minimum atomic E-state index is -3.36. The van der Waals surface area contributed by atoms with Crippen LogP contribution in [0, 0.1) is 0 Å². The third-order valence-electron chi connectivity index (χ3n) is 3.82. The lowest BCUT2D eigenvalue weighted by Crippen LogP contribution is -2.47. The van der Waals surface area contributed by atoms with E-state index in [1.54, 1.807) is 11.3 Å². The van der Waals surface area contributed by atoms with E-state index >= 15 is 0 Å². The van der Waals surface area contributed by atoms with Crippen LogP contribution < -0.4 is 5.32 Å². The van der Waals surface area contributed by atoms with Crippen molar-refractivity contribution < 1.29 is 13.2 Å². The molecule has 1 amide bonds. The Morgan fingerprint density at radius 2 is 2.12 bits per heavy atom. The number of aromatic nitrogens is 1. The van der Waals surface area contributed by atoms with Crippen molar-refractivity contribution in [2.75, 3.05) is 24.4 Å². The fourth-order valence-electron chi connectivity index (χ4n) is 2.53. The van der Waals surface area contributed by atoms with E-state index in [-0.39, 0.29) is 5.91 Å². The summed E-state index contributed by atoms with van der Waals surface area (Å²) in [7, 11) is -3.36. The molecular formula is C16H19N3O3S3. The molecule has 6 nitrogen and oxygen atoms in total. The first kappa shape index (κ1) is 18.4. The van der Waals surface area contributed by atoms with Gasteiger partial charge in [0.25, 0.3) is 0 Å². The van der Waals surface area contributed by atoms with Gasteiger partial charge in [-0.1, -0.05) is 30.3 Å². The first-order chi connectivity index (χ1) is 11.9. The molecule has 1 fully saturated rings. The summed E-state index contributed by atoms with van der Waals surface area (Å²) in [4.78, 5) is 16.9. The minimum Gasteiger partial charge on any atom is -0.354 e. The number of nitrogens with one attached hydrogen (secondary N) is 1. The molecule has 9 heteroatoms. The minimum absolute atomic E-state index is 0.242. The van der Waals surface area contributed by atoms with E-state index in [4.69, 9.17) is 0 Å². The number of nitrogens with zero attached hydrogens (tertiary/aromatic N) is 2. The summed E-state index contributed by atoms with van der Waals surface area (Å²) in [5.74, 6) is 0.589. The number of hydrogen-bond donors (Lipinski definition) is 1. The van der Waals surface area contributed by atoms with Gasteiger partial charge in [-0.3, -0.25) is 4.79 Å². The van der Waals surface area contributed by atoms with Gasteiger partial charge in [0.2, 0.25) is 15.9 Å². The second-order valence-electron chi connectivity index (χ2n) is 5.72. The lowest BCUT2D eigenvalue weighted by molar-refractivity contribution is -0.123. The fraction of sp³-hybridized carbons (Fsp3) is 0.375. The average Bonchev–Trinajstić information content (AvgIpc) is 3.24. The molecule has 0 spiro atoms. The molecule has 3 rings (SSSR count). The van der Waals surface area contributed by atoms with Crippen LogP contribution in [0.3, 0.4) is 0 Å². The molecule has 0 radical (unpaired) electrons. The van der Waals surface area contributed by atoms with E-state index in [1.807, 2.05) is 35.7 Å². The molecule has 0 aliphatic carbocycles. The fourth-order valence-corrected chi connectivity index (χ4v) is 6.12. The number of carbonyl (C=O) groups is 1. The van der Waals surface area contributed by atoms with Crippen LogP contribution in [0.4, 0.5) is 0 Å². The van der Waals surface area contributed by atoms with Crippen molar-refractivity contribution >= 4 is 39.0 Å². The van der Waals surface area contributed by atoms with Gasteiger partial charge in [-0.15, -0.1) is 23.1 Å². The molecule has 0 bridgehead atoms. The standard InChI is InChI=1S/C16H19N3O3S3/c1-25(21,22)19-11-23-10-14(19)15(20)17-8-7-13-9-24-16(18-13)12-5-3-2-4-6-12/h2-6,9,14H,7-8,10-11H2,1H3,(H,17,20)/t14-/m1/s1. The van der Waals surface area contributed by atoms with Gasteiger partial charge in [0.05, 0.1) is 17.8 Å². The van der Waals surface area contributed by atoms with Gasteiger partial charge in [-0.2, -0.15) is 4.31 Å². The van der Waals surface area contributed by atoms with E-state index in [0.717, 1.165) is 22.5 Å². The highest BCUT2D eigenvalue weighted by Gasteiger charge is 2.36. The van der Waals surface area contributed by atoms with E-state index in [0.29, 0.717) is 24.6 Å². The van der Waals surface area contributed by atoms with Crippen molar-refractivity contribution in [3.8, 4) is 10.6 Å². The lowest BCUT2D eigenvalue weighted by Gasteiger charge is -2.20. The van der Waals surface area contributed by atoms with Crippen molar-refractivity contribution in [3.05, 3.63) is 41.4 Å². The van der Waals surface area contributed by atoms with Crippen LogP contribution in [0.1, 0.15) is 5.69 Å². The number of carbonyl (C=O) groups excluding carboxylic acids is 1. The van der Waals surface area contributed by atoms with Crippen LogP contribution in [0.5, 0.6) is 0 Å². The van der Waals surface area contributed by atoms with E-state index in [1.165, 1.54) is 16.1 Å². The smallest absolute Gasteiger partial charge is 0.239 e. The van der Waals surface area contributed by atoms with Crippen LogP contribution in [-0.4, -0.2) is 54.1 Å². The quantitative estimate of drug-likeness (QED) is 0.804. The average molecular weight is 398 g/mol. The largest absolute Gasteiger partial charge is 0.354 e. The van der Waals surface area contributed by atoms with Crippen molar-refractivity contribution in [2.24, 2.45) is 0 Å². The van der Waals surface area contributed by atoms with Crippen LogP contribution in [0.2, 0.25) is 0 Å². The number of thioether (sulfide) groups is 1. The molecule has 1 aliphatic heterocycles. The second-order valence-corrected chi connectivity index (χ2v) is 9.51. The molecule has 25 heavy (non-hydrogen) atoms. The van der Waals surface area contributed by atoms with Crippen molar-refractivity contribution in [1.29, 1.82) is 0 Å². The summed E-state index contributed by atoms with van der Waals surface area (Å²) in [6, 6.07) is 9.33.